The standard InChI is InChI=1S/C10H17N3O3/c11-8(13-15)10(2-3-10)9(14)12-5-7-1-4-16-6-7/h7,15H,1-6H2,(H2,11,13)(H,12,14). The summed E-state index contributed by atoms with van der Waals surface area (Å²) >= 11 is 0. The molecule has 0 bridgehead atoms. The molecule has 2 rings (SSSR count). The lowest BCUT2D eigenvalue weighted by Crippen LogP contribution is -2.42. The van der Waals surface area contributed by atoms with Gasteiger partial charge < -0.3 is 21.0 Å². The molecule has 16 heavy (non-hydrogen) atoms. The Morgan fingerprint density at radius 3 is 2.88 bits per heavy atom. The van der Waals surface area contributed by atoms with E-state index < -0.39 is 5.41 Å². The summed E-state index contributed by atoms with van der Waals surface area (Å²) in [7, 11) is 0. The van der Waals surface area contributed by atoms with Gasteiger partial charge in [0.25, 0.3) is 0 Å². The molecule has 0 radical (unpaired) electrons. The molecule has 1 amide bonds. The van der Waals surface area contributed by atoms with Crippen molar-refractivity contribution in [2.75, 3.05) is 19.8 Å². The van der Waals surface area contributed by atoms with Crippen LogP contribution >= 0.6 is 0 Å². The first-order valence-electron chi connectivity index (χ1n) is 5.53. The first kappa shape index (κ1) is 11.2. The summed E-state index contributed by atoms with van der Waals surface area (Å²) in [5.74, 6) is 0.286. The molecule has 2 aliphatic rings. The van der Waals surface area contributed by atoms with Crippen molar-refractivity contribution in [3.8, 4) is 0 Å². The molecule has 4 N–H and O–H groups in total. The van der Waals surface area contributed by atoms with Gasteiger partial charge in [-0.1, -0.05) is 5.16 Å². The smallest absolute Gasteiger partial charge is 0.233 e. The van der Waals surface area contributed by atoms with Gasteiger partial charge in [0.2, 0.25) is 5.91 Å². The van der Waals surface area contributed by atoms with Crippen molar-refractivity contribution >= 4 is 11.7 Å². The maximum absolute atomic E-state index is 11.9. The Hall–Kier alpha value is -1.30. The van der Waals surface area contributed by atoms with Crippen molar-refractivity contribution in [2.24, 2.45) is 22.2 Å². The lowest BCUT2D eigenvalue weighted by Gasteiger charge is -2.15. The molecule has 6 nitrogen and oxygen atoms in total. The second-order valence-electron chi connectivity index (χ2n) is 4.51. The lowest BCUT2D eigenvalue weighted by molar-refractivity contribution is -0.124. The lowest BCUT2D eigenvalue weighted by atomic mass is 10.0. The van der Waals surface area contributed by atoms with Crippen molar-refractivity contribution in [3.05, 3.63) is 0 Å². The number of hydrogen-bond acceptors (Lipinski definition) is 4. The van der Waals surface area contributed by atoms with Gasteiger partial charge in [-0.3, -0.25) is 4.79 Å². The highest BCUT2D eigenvalue weighted by molar-refractivity contribution is 6.09. The van der Waals surface area contributed by atoms with E-state index in [0.29, 0.717) is 31.9 Å². The number of carbonyl (C=O) groups is 1. The zero-order valence-corrected chi connectivity index (χ0v) is 9.11. The fourth-order valence-electron chi connectivity index (χ4n) is 1.97. The molecule has 1 atom stereocenters. The van der Waals surface area contributed by atoms with Crippen LogP contribution in [0.1, 0.15) is 19.3 Å². The topological polar surface area (TPSA) is 96.9 Å². The van der Waals surface area contributed by atoms with Crippen LogP contribution in [0, 0.1) is 11.3 Å². The van der Waals surface area contributed by atoms with Crippen molar-refractivity contribution in [3.63, 3.8) is 0 Å². The van der Waals surface area contributed by atoms with Crippen LogP contribution < -0.4 is 11.1 Å². The largest absolute Gasteiger partial charge is 0.409 e. The Kier molecular flexibility index (Phi) is 3.00. The molecule has 0 aromatic heterocycles. The van der Waals surface area contributed by atoms with Crippen molar-refractivity contribution < 1.29 is 14.7 Å². The van der Waals surface area contributed by atoms with Crippen molar-refractivity contribution in [2.45, 2.75) is 19.3 Å². The number of ether oxygens (including phenoxy) is 1. The van der Waals surface area contributed by atoms with Crippen LogP contribution in [0.3, 0.4) is 0 Å². The highest BCUT2D eigenvalue weighted by Gasteiger charge is 2.54. The molecule has 0 aromatic carbocycles. The van der Waals surface area contributed by atoms with Crippen LogP contribution in [0.25, 0.3) is 0 Å². The fraction of sp³-hybridized carbons (Fsp3) is 0.800. The van der Waals surface area contributed by atoms with Gasteiger partial charge in [0, 0.05) is 19.1 Å². The van der Waals surface area contributed by atoms with Gasteiger partial charge in [-0.25, -0.2) is 0 Å². The van der Waals surface area contributed by atoms with E-state index in [9.17, 15) is 4.79 Å². The number of nitrogens with zero attached hydrogens (tertiary/aromatic N) is 1. The van der Waals surface area contributed by atoms with Crippen LogP contribution in [0.15, 0.2) is 5.16 Å². The zero-order chi connectivity index (χ0) is 11.6. The summed E-state index contributed by atoms with van der Waals surface area (Å²) in [6, 6.07) is 0. The summed E-state index contributed by atoms with van der Waals surface area (Å²) in [4.78, 5) is 11.9. The van der Waals surface area contributed by atoms with Crippen LogP contribution in [0.2, 0.25) is 0 Å². The highest BCUT2D eigenvalue weighted by Crippen LogP contribution is 2.46. The van der Waals surface area contributed by atoms with Crippen LogP contribution in [0.4, 0.5) is 0 Å². The van der Waals surface area contributed by atoms with Crippen LogP contribution in [0.5, 0.6) is 0 Å². The number of carbonyl (C=O) groups excluding carboxylic acids is 1. The Balaban J connectivity index is 1.83. The first-order chi connectivity index (χ1) is 7.69. The molecule has 1 saturated heterocycles. The molecular weight excluding hydrogens is 210 g/mol. The number of nitrogens with two attached hydrogens (primary N) is 1. The number of amidine groups is 1. The maximum Gasteiger partial charge on any atom is 0.233 e. The molecule has 1 saturated carbocycles. The third-order valence-electron chi connectivity index (χ3n) is 3.36. The third kappa shape index (κ3) is 1.97. The molecular formula is C10H17N3O3. The summed E-state index contributed by atoms with van der Waals surface area (Å²) in [5.41, 5.74) is 4.77. The first-order valence-corrected chi connectivity index (χ1v) is 5.53. The Bertz CT molecular complexity index is 306. The molecule has 1 heterocycles. The molecule has 1 unspecified atom stereocenters. The van der Waals surface area contributed by atoms with E-state index in [1.807, 2.05) is 0 Å². The fourth-order valence-corrected chi connectivity index (χ4v) is 1.97. The quantitative estimate of drug-likeness (QED) is 0.265. The van der Waals surface area contributed by atoms with E-state index in [2.05, 4.69) is 10.5 Å². The molecule has 90 valence electrons. The number of amides is 1. The van der Waals surface area contributed by atoms with Gasteiger partial charge in [0.05, 0.1) is 6.61 Å². The van der Waals surface area contributed by atoms with E-state index in [1.54, 1.807) is 0 Å². The molecule has 1 aliphatic carbocycles. The van der Waals surface area contributed by atoms with E-state index in [1.165, 1.54) is 0 Å². The van der Waals surface area contributed by atoms with E-state index in [-0.39, 0.29) is 11.7 Å². The minimum Gasteiger partial charge on any atom is -0.409 e. The molecule has 2 fully saturated rings. The number of hydrogen-bond donors (Lipinski definition) is 3. The van der Waals surface area contributed by atoms with Crippen LogP contribution in [-0.4, -0.2) is 36.7 Å². The minimum atomic E-state index is -0.742. The van der Waals surface area contributed by atoms with E-state index >= 15 is 0 Å². The normalized spacial score (nSPS) is 27.8. The summed E-state index contributed by atoms with van der Waals surface area (Å²) < 4.78 is 5.22. The monoisotopic (exact) mass is 227 g/mol. The summed E-state index contributed by atoms with van der Waals surface area (Å²) in [5, 5.41) is 14.4. The number of oxime groups is 1. The van der Waals surface area contributed by atoms with Gasteiger partial charge in [-0.2, -0.15) is 0 Å². The number of rotatable bonds is 4. The van der Waals surface area contributed by atoms with Crippen LogP contribution in [-0.2, 0) is 9.53 Å². The van der Waals surface area contributed by atoms with Gasteiger partial charge in [0.15, 0.2) is 5.84 Å². The molecule has 0 aromatic rings. The third-order valence-corrected chi connectivity index (χ3v) is 3.36. The van der Waals surface area contributed by atoms with Gasteiger partial charge in [0.1, 0.15) is 5.41 Å². The number of nitrogens with one attached hydrogen (secondary N) is 1. The summed E-state index contributed by atoms with van der Waals surface area (Å²) in [6.07, 6.45) is 2.31. The van der Waals surface area contributed by atoms with Crippen molar-refractivity contribution in [1.29, 1.82) is 0 Å². The van der Waals surface area contributed by atoms with E-state index in [0.717, 1.165) is 13.0 Å². The van der Waals surface area contributed by atoms with Gasteiger partial charge >= 0.3 is 0 Å². The second-order valence-corrected chi connectivity index (χ2v) is 4.51. The second kappa shape index (κ2) is 4.29. The Morgan fingerprint density at radius 2 is 2.38 bits per heavy atom. The predicted octanol–water partition coefficient (Wildman–Crippen LogP) is -0.334. The highest BCUT2D eigenvalue weighted by atomic mass is 16.5. The maximum atomic E-state index is 11.9. The zero-order valence-electron chi connectivity index (χ0n) is 9.11. The average Bonchev–Trinajstić information content (AvgIpc) is 2.95. The Morgan fingerprint density at radius 1 is 1.62 bits per heavy atom. The van der Waals surface area contributed by atoms with E-state index in [4.69, 9.17) is 15.7 Å². The van der Waals surface area contributed by atoms with Gasteiger partial charge in [-0.15, -0.1) is 0 Å². The minimum absolute atomic E-state index is 0.0210. The average molecular weight is 227 g/mol. The molecule has 1 aliphatic heterocycles. The molecule has 6 heteroatoms. The SMILES string of the molecule is NC(=NO)C1(C(=O)NCC2CCOC2)CC1. The molecule has 0 spiro atoms. The Labute approximate surface area is 93.8 Å². The van der Waals surface area contributed by atoms with Crippen molar-refractivity contribution in [1.82, 2.24) is 5.32 Å². The van der Waals surface area contributed by atoms with Gasteiger partial charge in [-0.05, 0) is 19.3 Å². The predicted molar refractivity (Wildman–Crippen MR) is 57.0 cm³/mol. The summed E-state index contributed by atoms with van der Waals surface area (Å²) in [6.45, 7) is 2.09.